The molecule has 1 unspecified atom stereocenters. The van der Waals surface area contributed by atoms with Gasteiger partial charge in [0.1, 0.15) is 34.0 Å². The molecule has 1 aliphatic heterocycles. The first-order chi connectivity index (χ1) is 15.0. The zero-order valence-electron chi connectivity index (χ0n) is 18.1. The maximum absolute atomic E-state index is 13.8. The number of halogens is 3. The van der Waals surface area contributed by atoms with Gasteiger partial charge < -0.3 is 14.5 Å². The van der Waals surface area contributed by atoms with Crippen molar-refractivity contribution in [1.82, 2.24) is 24.6 Å². The van der Waals surface area contributed by atoms with E-state index in [2.05, 4.69) is 31.0 Å². The lowest BCUT2D eigenvalue weighted by Gasteiger charge is -2.40. The molecule has 11 heteroatoms. The lowest BCUT2D eigenvalue weighted by atomic mass is 10.2. The number of hydrogen-bond donors (Lipinski definition) is 0. The van der Waals surface area contributed by atoms with Gasteiger partial charge in [0.15, 0.2) is 5.65 Å². The molecule has 0 N–H and O–H groups in total. The van der Waals surface area contributed by atoms with Crippen LogP contribution in [0.25, 0.3) is 16.7 Å². The number of carbonyl (C=O) groups is 1. The van der Waals surface area contributed by atoms with Gasteiger partial charge in [-0.05, 0) is 55.8 Å². The molecule has 1 aliphatic rings. The van der Waals surface area contributed by atoms with E-state index < -0.39 is 17.2 Å². The number of ether oxygens (including phenoxy) is 1. The van der Waals surface area contributed by atoms with E-state index in [9.17, 15) is 13.6 Å². The van der Waals surface area contributed by atoms with Gasteiger partial charge in [0.05, 0.1) is 11.1 Å². The van der Waals surface area contributed by atoms with Crippen LogP contribution in [0.15, 0.2) is 29.1 Å². The molecule has 0 bridgehead atoms. The van der Waals surface area contributed by atoms with E-state index >= 15 is 0 Å². The average molecular weight is 509 g/mol. The predicted molar refractivity (Wildman–Crippen MR) is 119 cm³/mol. The average Bonchev–Trinajstić information content (AvgIpc) is 3.03. The van der Waals surface area contributed by atoms with Crippen molar-refractivity contribution in [1.29, 1.82) is 0 Å². The fraction of sp³-hybridized carbons (Fsp3) is 0.429. The summed E-state index contributed by atoms with van der Waals surface area (Å²) in [5.41, 5.74) is 0.0582. The van der Waals surface area contributed by atoms with Crippen molar-refractivity contribution in [3.63, 3.8) is 0 Å². The molecule has 1 fully saturated rings. The maximum atomic E-state index is 13.8. The Hall–Kier alpha value is -2.82. The van der Waals surface area contributed by atoms with Crippen molar-refractivity contribution < 1.29 is 18.3 Å². The molecule has 8 nitrogen and oxygen atoms in total. The topological polar surface area (TPSA) is 76.4 Å². The highest BCUT2D eigenvalue weighted by Gasteiger charge is 2.32. The number of piperazine rings is 1. The molecule has 0 saturated carbocycles. The van der Waals surface area contributed by atoms with Crippen LogP contribution in [0.1, 0.15) is 27.7 Å². The summed E-state index contributed by atoms with van der Waals surface area (Å²) in [6.07, 6.45) is 1.04. The zero-order valence-corrected chi connectivity index (χ0v) is 19.7. The van der Waals surface area contributed by atoms with Gasteiger partial charge >= 0.3 is 6.09 Å². The van der Waals surface area contributed by atoms with Crippen molar-refractivity contribution in [2.45, 2.75) is 39.3 Å². The van der Waals surface area contributed by atoms with Gasteiger partial charge in [-0.3, -0.25) is 0 Å². The van der Waals surface area contributed by atoms with Crippen LogP contribution < -0.4 is 4.90 Å². The molecule has 0 radical (unpaired) electrons. The van der Waals surface area contributed by atoms with E-state index in [1.54, 1.807) is 4.90 Å². The molecule has 2 aromatic heterocycles. The summed E-state index contributed by atoms with van der Waals surface area (Å²) in [5.74, 6) is -0.789. The number of hydrogen-bond acceptors (Lipinski definition) is 6. The van der Waals surface area contributed by atoms with Crippen LogP contribution in [0.4, 0.5) is 19.4 Å². The normalized spacial score (nSPS) is 17.2. The van der Waals surface area contributed by atoms with Crippen LogP contribution in [0.3, 0.4) is 0 Å². The molecule has 1 saturated heterocycles. The van der Waals surface area contributed by atoms with Crippen molar-refractivity contribution in [3.05, 3.63) is 40.8 Å². The molecule has 1 aromatic carbocycles. The van der Waals surface area contributed by atoms with Gasteiger partial charge in [0, 0.05) is 31.7 Å². The molecule has 1 amide bonds. The molecule has 1 atom stereocenters. The van der Waals surface area contributed by atoms with E-state index in [0.717, 1.165) is 6.07 Å². The Morgan fingerprint density at radius 1 is 1.16 bits per heavy atom. The van der Waals surface area contributed by atoms with Crippen molar-refractivity contribution in [3.8, 4) is 5.69 Å². The van der Waals surface area contributed by atoms with E-state index in [1.165, 1.54) is 23.1 Å². The SMILES string of the molecule is CC1CN(c2ncnc3c2c(Br)nn3-c2cc(F)cc(F)c2)CCN1C(=O)OC(C)(C)C. The predicted octanol–water partition coefficient (Wildman–Crippen LogP) is 4.30. The third-order valence-electron chi connectivity index (χ3n) is 5.05. The second-order valence-corrected chi connectivity index (χ2v) is 9.45. The second-order valence-electron chi connectivity index (χ2n) is 8.69. The Bertz CT molecular complexity index is 1160. The largest absolute Gasteiger partial charge is 0.444 e. The summed E-state index contributed by atoms with van der Waals surface area (Å²) in [6, 6.07) is 3.06. The second kappa shape index (κ2) is 8.27. The Morgan fingerprint density at radius 3 is 2.47 bits per heavy atom. The highest BCUT2D eigenvalue weighted by atomic mass is 79.9. The standard InChI is InChI=1S/C21H23BrF2N6O2/c1-12-10-28(5-6-29(12)20(31)32-21(2,3)4)18-16-17(22)27-30(19(16)26-11-25-18)15-8-13(23)7-14(24)9-15/h7-9,11-12H,5-6,10H2,1-4H3. The fourth-order valence-electron chi connectivity index (χ4n) is 3.72. The van der Waals surface area contributed by atoms with Crippen molar-refractivity contribution in [2.75, 3.05) is 24.5 Å². The van der Waals surface area contributed by atoms with Crippen LogP contribution in [-0.2, 0) is 4.74 Å². The Balaban J connectivity index is 1.65. The number of benzene rings is 1. The summed E-state index contributed by atoms with van der Waals surface area (Å²) < 4.78 is 34.9. The monoisotopic (exact) mass is 508 g/mol. The molecule has 0 spiro atoms. The minimum absolute atomic E-state index is 0.116. The minimum Gasteiger partial charge on any atom is -0.444 e. The third-order valence-corrected chi connectivity index (χ3v) is 5.60. The van der Waals surface area contributed by atoms with Gasteiger partial charge in [0.2, 0.25) is 0 Å². The molecule has 3 aromatic rings. The maximum Gasteiger partial charge on any atom is 0.410 e. The summed E-state index contributed by atoms with van der Waals surface area (Å²) in [7, 11) is 0. The molecule has 0 aliphatic carbocycles. The number of carbonyl (C=O) groups excluding carboxylic acids is 1. The highest BCUT2D eigenvalue weighted by Crippen LogP contribution is 2.33. The molecular weight excluding hydrogens is 486 g/mol. The quantitative estimate of drug-likeness (QED) is 0.513. The van der Waals surface area contributed by atoms with Gasteiger partial charge in [-0.25, -0.2) is 28.2 Å². The number of fused-ring (bicyclic) bond motifs is 1. The number of nitrogens with zero attached hydrogens (tertiary/aromatic N) is 6. The third kappa shape index (κ3) is 4.38. The first-order valence-electron chi connectivity index (χ1n) is 10.1. The number of rotatable bonds is 2. The lowest BCUT2D eigenvalue weighted by molar-refractivity contribution is 0.0159. The van der Waals surface area contributed by atoms with E-state index in [0.29, 0.717) is 41.1 Å². The Kier molecular flexibility index (Phi) is 5.78. The van der Waals surface area contributed by atoms with Gasteiger partial charge in [-0.2, -0.15) is 5.10 Å². The van der Waals surface area contributed by atoms with E-state index in [-0.39, 0.29) is 17.8 Å². The summed E-state index contributed by atoms with van der Waals surface area (Å²) in [4.78, 5) is 25.0. The smallest absolute Gasteiger partial charge is 0.410 e. The molecule has 3 heterocycles. The van der Waals surface area contributed by atoms with Gasteiger partial charge in [0.25, 0.3) is 0 Å². The van der Waals surface area contributed by atoms with Crippen LogP contribution in [0, 0.1) is 11.6 Å². The molecule has 170 valence electrons. The van der Waals surface area contributed by atoms with Crippen LogP contribution in [0.2, 0.25) is 0 Å². The molecule has 32 heavy (non-hydrogen) atoms. The van der Waals surface area contributed by atoms with Crippen LogP contribution in [-0.4, -0.2) is 62.0 Å². The Morgan fingerprint density at radius 2 is 1.84 bits per heavy atom. The van der Waals surface area contributed by atoms with Crippen LogP contribution >= 0.6 is 15.9 Å². The summed E-state index contributed by atoms with van der Waals surface area (Å²) >= 11 is 3.44. The van der Waals surface area contributed by atoms with Gasteiger partial charge in [-0.15, -0.1) is 0 Å². The number of amides is 1. The first kappa shape index (κ1) is 22.4. The zero-order chi connectivity index (χ0) is 23.2. The highest BCUT2D eigenvalue weighted by molar-refractivity contribution is 9.10. The lowest BCUT2D eigenvalue weighted by Crippen LogP contribution is -2.55. The summed E-state index contributed by atoms with van der Waals surface area (Å²) in [6.45, 7) is 8.97. The minimum atomic E-state index is -0.707. The molecular formula is C21H23BrF2N6O2. The van der Waals surface area contributed by atoms with Gasteiger partial charge in [-0.1, -0.05) is 0 Å². The van der Waals surface area contributed by atoms with E-state index in [1.807, 2.05) is 32.6 Å². The fourth-order valence-corrected chi connectivity index (χ4v) is 4.23. The van der Waals surface area contributed by atoms with Crippen molar-refractivity contribution in [2.24, 2.45) is 0 Å². The van der Waals surface area contributed by atoms with Crippen LogP contribution in [0.5, 0.6) is 0 Å². The number of anilines is 1. The number of aromatic nitrogens is 4. The van der Waals surface area contributed by atoms with Crippen molar-refractivity contribution >= 4 is 38.9 Å². The Labute approximate surface area is 192 Å². The summed E-state index contributed by atoms with van der Waals surface area (Å²) in [5, 5.41) is 5.01. The van der Waals surface area contributed by atoms with E-state index in [4.69, 9.17) is 4.74 Å². The first-order valence-corrected chi connectivity index (χ1v) is 10.9. The molecule has 4 rings (SSSR count).